The van der Waals surface area contributed by atoms with E-state index in [1.165, 1.54) is 5.56 Å². The van der Waals surface area contributed by atoms with Crippen LogP contribution >= 0.6 is 0 Å². The first-order valence-electron chi connectivity index (χ1n) is 9.42. The number of hydrogen-bond acceptors (Lipinski definition) is 3. The fourth-order valence-electron chi connectivity index (χ4n) is 3.76. The molecule has 2 atom stereocenters. The number of likely N-dealkylation sites (N-methyl/N-ethyl adjacent to an activating group) is 1. The van der Waals surface area contributed by atoms with E-state index < -0.39 is 6.04 Å². The number of nitrogens with two attached hydrogens (primary N) is 1. The normalized spacial score (nSPS) is 18.6. The van der Waals surface area contributed by atoms with E-state index in [9.17, 15) is 4.79 Å². The van der Waals surface area contributed by atoms with Gasteiger partial charge in [0, 0.05) is 26.7 Å². The molecule has 1 heterocycles. The average molecular weight is 351 g/mol. The van der Waals surface area contributed by atoms with Crippen LogP contribution in [0.1, 0.15) is 17.5 Å². The average Bonchev–Trinajstić information content (AvgIpc) is 3.09. The molecule has 4 nitrogen and oxygen atoms in total. The Kier molecular flexibility index (Phi) is 6.42. The summed E-state index contributed by atoms with van der Waals surface area (Å²) in [7, 11) is 1.88. The largest absolute Gasteiger partial charge is 0.344 e. The highest BCUT2D eigenvalue weighted by Crippen LogP contribution is 2.19. The predicted molar refractivity (Wildman–Crippen MR) is 106 cm³/mol. The number of benzene rings is 2. The van der Waals surface area contributed by atoms with Crippen LogP contribution in [-0.4, -0.2) is 48.4 Å². The summed E-state index contributed by atoms with van der Waals surface area (Å²) in [5.41, 5.74) is 8.61. The van der Waals surface area contributed by atoms with Crippen LogP contribution in [0.5, 0.6) is 0 Å². The molecule has 0 bridgehead atoms. The second-order valence-electron chi connectivity index (χ2n) is 7.39. The molecule has 1 aliphatic rings. The summed E-state index contributed by atoms with van der Waals surface area (Å²) in [4.78, 5) is 16.9. The lowest BCUT2D eigenvalue weighted by Gasteiger charge is -2.24. The molecule has 1 aliphatic heterocycles. The Bertz CT molecular complexity index is 689. The van der Waals surface area contributed by atoms with Crippen molar-refractivity contribution in [3.63, 3.8) is 0 Å². The van der Waals surface area contributed by atoms with Crippen LogP contribution in [0.15, 0.2) is 60.7 Å². The standard InChI is InChI=1S/C22H29N3O/c1-24(22(26)21(23)14-18-8-4-2-5-9-18)15-20-12-13-25(17-20)16-19-10-6-3-7-11-19/h2-11,20-21H,12-17,23H2,1H3. The van der Waals surface area contributed by atoms with Crippen LogP contribution in [0, 0.1) is 5.92 Å². The van der Waals surface area contributed by atoms with Crippen LogP contribution in [0.4, 0.5) is 0 Å². The van der Waals surface area contributed by atoms with Crippen molar-refractivity contribution in [2.75, 3.05) is 26.7 Å². The first-order chi connectivity index (χ1) is 12.6. The lowest BCUT2D eigenvalue weighted by Crippen LogP contribution is -2.45. The van der Waals surface area contributed by atoms with E-state index in [-0.39, 0.29) is 5.91 Å². The van der Waals surface area contributed by atoms with Gasteiger partial charge in [-0.15, -0.1) is 0 Å². The Morgan fingerprint density at radius 3 is 2.38 bits per heavy atom. The number of carbonyl (C=O) groups is 1. The molecule has 1 saturated heterocycles. The summed E-state index contributed by atoms with van der Waals surface area (Å²) < 4.78 is 0. The third kappa shape index (κ3) is 5.16. The van der Waals surface area contributed by atoms with E-state index in [4.69, 9.17) is 5.73 Å². The summed E-state index contributed by atoms with van der Waals surface area (Å²) in [5.74, 6) is 0.562. The number of carbonyl (C=O) groups excluding carboxylic acids is 1. The van der Waals surface area contributed by atoms with E-state index in [1.807, 2.05) is 42.3 Å². The van der Waals surface area contributed by atoms with Crippen molar-refractivity contribution in [1.82, 2.24) is 9.80 Å². The molecule has 2 unspecified atom stereocenters. The van der Waals surface area contributed by atoms with Gasteiger partial charge < -0.3 is 10.6 Å². The number of hydrogen-bond donors (Lipinski definition) is 1. The summed E-state index contributed by atoms with van der Waals surface area (Å²) in [5, 5.41) is 0. The zero-order chi connectivity index (χ0) is 18.4. The number of likely N-dealkylation sites (tertiary alicyclic amines) is 1. The molecule has 4 heteroatoms. The lowest BCUT2D eigenvalue weighted by molar-refractivity contribution is -0.131. The van der Waals surface area contributed by atoms with Gasteiger partial charge in [0.25, 0.3) is 0 Å². The third-order valence-electron chi connectivity index (χ3n) is 5.14. The summed E-state index contributed by atoms with van der Waals surface area (Å²) in [6.07, 6.45) is 1.73. The minimum atomic E-state index is -0.468. The van der Waals surface area contributed by atoms with Gasteiger partial charge in [0.1, 0.15) is 0 Å². The van der Waals surface area contributed by atoms with Crippen LogP contribution in [0.3, 0.4) is 0 Å². The fourth-order valence-corrected chi connectivity index (χ4v) is 3.76. The predicted octanol–water partition coefficient (Wildman–Crippen LogP) is 2.54. The van der Waals surface area contributed by atoms with Gasteiger partial charge in [-0.2, -0.15) is 0 Å². The molecular weight excluding hydrogens is 322 g/mol. The maximum Gasteiger partial charge on any atom is 0.239 e. The van der Waals surface area contributed by atoms with Crippen LogP contribution in [-0.2, 0) is 17.8 Å². The molecule has 0 saturated carbocycles. The zero-order valence-corrected chi connectivity index (χ0v) is 15.6. The van der Waals surface area contributed by atoms with Crippen LogP contribution in [0.25, 0.3) is 0 Å². The summed E-state index contributed by atoms with van der Waals surface area (Å²) in [6.45, 7) is 3.91. The lowest BCUT2D eigenvalue weighted by atomic mass is 10.0. The minimum absolute atomic E-state index is 0.0374. The molecule has 26 heavy (non-hydrogen) atoms. The maximum absolute atomic E-state index is 12.6. The molecule has 2 aromatic rings. The van der Waals surface area contributed by atoms with Crippen molar-refractivity contribution >= 4 is 5.91 Å². The highest BCUT2D eigenvalue weighted by molar-refractivity contribution is 5.81. The molecule has 2 N–H and O–H groups in total. The van der Waals surface area contributed by atoms with Crippen molar-refractivity contribution in [2.24, 2.45) is 11.7 Å². The highest BCUT2D eigenvalue weighted by Gasteiger charge is 2.26. The van der Waals surface area contributed by atoms with Crippen molar-refractivity contribution < 1.29 is 4.79 Å². The molecule has 0 aliphatic carbocycles. The first kappa shape index (κ1) is 18.6. The molecule has 138 valence electrons. The molecule has 0 spiro atoms. The Balaban J connectivity index is 1.45. The SMILES string of the molecule is CN(CC1CCN(Cc2ccccc2)C1)C(=O)C(N)Cc1ccccc1. The molecular formula is C22H29N3O. The molecule has 1 amide bonds. The van der Waals surface area contributed by atoms with E-state index in [2.05, 4.69) is 35.2 Å². The molecule has 0 aromatic heterocycles. The maximum atomic E-state index is 12.6. The summed E-state index contributed by atoms with van der Waals surface area (Å²) >= 11 is 0. The van der Waals surface area contributed by atoms with Gasteiger partial charge in [-0.3, -0.25) is 9.69 Å². The van der Waals surface area contributed by atoms with Gasteiger partial charge in [-0.1, -0.05) is 60.7 Å². The Labute approximate surface area is 156 Å². The number of amides is 1. The van der Waals surface area contributed by atoms with E-state index in [0.29, 0.717) is 12.3 Å². The van der Waals surface area contributed by atoms with Crippen LogP contribution < -0.4 is 5.73 Å². The highest BCUT2D eigenvalue weighted by atomic mass is 16.2. The molecule has 0 radical (unpaired) electrons. The van der Waals surface area contributed by atoms with Crippen molar-refractivity contribution in [3.05, 3.63) is 71.8 Å². The van der Waals surface area contributed by atoms with Crippen molar-refractivity contribution in [1.29, 1.82) is 0 Å². The zero-order valence-electron chi connectivity index (χ0n) is 15.6. The van der Waals surface area contributed by atoms with E-state index in [0.717, 1.165) is 38.2 Å². The second kappa shape index (κ2) is 8.97. The minimum Gasteiger partial charge on any atom is -0.344 e. The quantitative estimate of drug-likeness (QED) is 0.834. The van der Waals surface area contributed by atoms with Gasteiger partial charge in [-0.25, -0.2) is 0 Å². The monoisotopic (exact) mass is 351 g/mol. The number of rotatable bonds is 7. The number of nitrogens with zero attached hydrogens (tertiary/aromatic N) is 2. The first-order valence-corrected chi connectivity index (χ1v) is 9.42. The Morgan fingerprint density at radius 2 is 1.73 bits per heavy atom. The topological polar surface area (TPSA) is 49.6 Å². The van der Waals surface area contributed by atoms with Gasteiger partial charge in [0.15, 0.2) is 0 Å². The summed E-state index contributed by atoms with van der Waals surface area (Å²) in [6, 6.07) is 20.1. The van der Waals surface area contributed by atoms with E-state index >= 15 is 0 Å². The van der Waals surface area contributed by atoms with Gasteiger partial charge >= 0.3 is 0 Å². The molecule has 1 fully saturated rings. The van der Waals surface area contributed by atoms with E-state index in [1.54, 1.807) is 0 Å². The van der Waals surface area contributed by atoms with Crippen molar-refractivity contribution in [2.45, 2.75) is 25.4 Å². The molecule has 3 rings (SSSR count). The third-order valence-corrected chi connectivity index (χ3v) is 5.14. The molecule has 2 aromatic carbocycles. The van der Waals surface area contributed by atoms with Crippen molar-refractivity contribution in [3.8, 4) is 0 Å². The van der Waals surface area contributed by atoms with Crippen LogP contribution in [0.2, 0.25) is 0 Å². The smallest absolute Gasteiger partial charge is 0.239 e. The Hall–Kier alpha value is -2.17. The second-order valence-corrected chi connectivity index (χ2v) is 7.39. The van der Waals surface area contributed by atoms with Gasteiger partial charge in [-0.05, 0) is 36.4 Å². The Morgan fingerprint density at radius 1 is 1.12 bits per heavy atom. The van der Waals surface area contributed by atoms with Gasteiger partial charge in [0.2, 0.25) is 5.91 Å². The van der Waals surface area contributed by atoms with Gasteiger partial charge in [0.05, 0.1) is 6.04 Å². The fraction of sp³-hybridized carbons (Fsp3) is 0.409.